The zero-order chi connectivity index (χ0) is 25.8. The zero-order valence-corrected chi connectivity index (χ0v) is 21.1. The number of nitrogens with zero attached hydrogens (tertiary/aromatic N) is 1. The maximum absolute atomic E-state index is 14.5. The van der Waals surface area contributed by atoms with Crippen molar-refractivity contribution in [2.24, 2.45) is 0 Å². The molecule has 0 unspecified atom stereocenters. The second-order valence-corrected chi connectivity index (χ2v) is 9.19. The van der Waals surface area contributed by atoms with E-state index in [0.29, 0.717) is 58.3 Å². The maximum atomic E-state index is 14.5. The molecule has 2 amide bonds. The van der Waals surface area contributed by atoms with Crippen molar-refractivity contribution in [2.45, 2.75) is 25.3 Å². The average molecular weight is 511 g/mol. The SMILES string of the molecule is COc1ccc(C(=O)N2CC[C@H](NC(=O)c3ccccc3Cl)[C@@H](c3ccc(C)c(F)c3)C2)cc1OC. The minimum atomic E-state index is -0.327. The van der Waals surface area contributed by atoms with Crippen molar-refractivity contribution < 1.29 is 23.5 Å². The van der Waals surface area contributed by atoms with Gasteiger partial charge in [0.2, 0.25) is 0 Å². The fourth-order valence-electron chi connectivity index (χ4n) is 4.53. The molecule has 3 aromatic carbocycles. The van der Waals surface area contributed by atoms with Gasteiger partial charge in [-0.15, -0.1) is 0 Å². The lowest BCUT2D eigenvalue weighted by molar-refractivity contribution is 0.0671. The van der Waals surface area contributed by atoms with Crippen molar-refractivity contribution in [2.75, 3.05) is 27.3 Å². The Morgan fingerprint density at radius 1 is 1.03 bits per heavy atom. The van der Waals surface area contributed by atoms with Crippen LogP contribution >= 0.6 is 11.6 Å². The summed E-state index contributed by atoms with van der Waals surface area (Å²) in [5.41, 5.74) is 2.08. The van der Waals surface area contributed by atoms with E-state index in [4.69, 9.17) is 21.1 Å². The summed E-state index contributed by atoms with van der Waals surface area (Å²) in [4.78, 5) is 28.2. The van der Waals surface area contributed by atoms with E-state index < -0.39 is 0 Å². The Morgan fingerprint density at radius 3 is 2.47 bits per heavy atom. The predicted octanol–water partition coefficient (Wildman–Crippen LogP) is 5.23. The highest BCUT2D eigenvalue weighted by Crippen LogP contribution is 2.32. The molecule has 1 saturated heterocycles. The van der Waals surface area contributed by atoms with Gasteiger partial charge in [-0.05, 0) is 60.9 Å². The van der Waals surface area contributed by atoms with E-state index in [1.807, 2.05) is 6.07 Å². The smallest absolute Gasteiger partial charge is 0.254 e. The van der Waals surface area contributed by atoms with E-state index in [2.05, 4.69) is 5.32 Å². The van der Waals surface area contributed by atoms with Crippen LogP contribution in [0.5, 0.6) is 11.5 Å². The molecule has 2 atom stereocenters. The van der Waals surface area contributed by atoms with Gasteiger partial charge in [-0.25, -0.2) is 4.39 Å². The summed E-state index contributed by atoms with van der Waals surface area (Å²) in [6, 6.07) is 16.6. The van der Waals surface area contributed by atoms with Crippen molar-refractivity contribution >= 4 is 23.4 Å². The Labute approximate surface area is 215 Å². The molecule has 1 heterocycles. The number of amides is 2. The Morgan fingerprint density at radius 2 is 1.78 bits per heavy atom. The van der Waals surface area contributed by atoms with Crippen molar-refractivity contribution in [3.63, 3.8) is 0 Å². The number of ether oxygens (including phenoxy) is 2. The van der Waals surface area contributed by atoms with Crippen molar-refractivity contribution in [3.05, 3.63) is 93.8 Å². The fraction of sp³-hybridized carbons (Fsp3) is 0.286. The van der Waals surface area contributed by atoms with Gasteiger partial charge in [0.25, 0.3) is 11.8 Å². The number of halogens is 2. The molecule has 6 nitrogen and oxygen atoms in total. The summed E-state index contributed by atoms with van der Waals surface area (Å²) < 4.78 is 25.1. The number of aryl methyl sites for hydroxylation is 1. The molecule has 0 spiro atoms. The molecule has 0 radical (unpaired) electrons. The summed E-state index contributed by atoms with van der Waals surface area (Å²) >= 11 is 6.22. The highest BCUT2D eigenvalue weighted by molar-refractivity contribution is 6.33. The molecule has 4 rings (SSSR count). The number of hydrogen-bond donors (Lipinski definition) is 1. The van der Waals surface area contributed by atoms with Crippen LogP contribution in [0.15, 0.2) is 60.7 Å². The van der Waals surface area contributed by atoms with Gasteiger partial charge >= 0.3 is 0 Å². The highest BCUT2D eigenvalue weighted by atomic mass is 35.5. The van der Waals surface area contributed by atoms with E-state index in [0.717, 1.165) is 0 Å². The minimum Gasteiger partial charge on any atom is -0.493 e. The van der Waals surface area contributed by atoms with Crippen LogP contribution in [0, 0.1) is 12.7 Å². The van der Waals surface area contributed by atoms with Crippen LogP contribution in [0.3, 0.4) is 0 Å². The molecule has 36 heavy (non-hydrogen) atoms. The average Bonchev–Trinajstić information content (AvgIpc) is 2.89. The van der Waals surface area contributed by atoms with Crippen molar-refractivity contribution in [1.82, 2.24) is 10.2 Å². The van der Waals surface area contributed by atoms with E-state index >= 15 is 0 Å². The second-order valence-electron chi connectivity index (χ2n) is 8.78. The Bertz CT molecular complexity index is 1280. The molecule has 1 N–H and O–H groups in total. The van der Waals surface area contributed by atoms with E-state index in [1.54, 1.807) is 60.4 Å². The molecular formula is C28H28ClFN2O4. The largest absolute Gasteiger partial charge is 0.493 e. The maximum Gasteiger partial charge on any atom is 0.254 e. The molecule has 0 bridgehead atoms. The third-order valence-corrected chi connectivity index (χ3v) is 6.92. The van der Waals surface area contributed by atoms with Gasteiger partial charge in [0, 0.05) is 30.6 Å². The van der Waals surface area contributed by atoms with Gasteiger partial charge in [-0.1, -0.05) is 35.9 Å². The first-order chi connectivity index (χ1) is 17.3. The highest BCUT2D eigenvalue weighted by Gasteiger charge is 2.34. The van der Waals surface area contributed by atoms with Gasteiger partial charge in [0.05, 0.1) is 24.8 Å². The van der Waals surface area contributed by atoms with E-state index in [9.17, 15) is 14.0 Å². The minimum absolute atomic E-state index is 0.176. The van der Waals surface area contributed by atoms with Gasteiger partial charge in [-0.2, -0.15) is 0 Å². The molecular weight excluding hydrogens is 483 g/mol. The molecule has 1 aliphatic heterocycles. The first-order valence-electron chi connectivity index (χ1n) is 11.6. The second kappa shape index (κ2) is 11.0. The summed E-state index contributed by atoms with van der Waals surface area (Å²) in [5, 5.41) is 3.43. The summed E-state index contributed by atoms with van der Waals surface area (Å²) in [5.74, 6) is -0.130. The fourth-order valence-corrected chi connectivity index (χ4v) is 4.75. The van der Waals surface area contributed by atoms with Gasteiger partial charge in [0.15, 0.2) is 11.5 Å². The summed E-state index contributed by atoms with van der Waals surface area (Å²) in [6.07, 6.45) is 0.495. The van der Waals surface area contributed by atoms with Crippen LogP contribution in [-0.4, -0.2) is 50.1 Å². The van der Waals surface area contributed by atoms with Crippen LogP contribution in [0.2, 0.25) is 5.02 Å². The topological polar surface area (TPSA) is 67.9 Å². The normalized spacial score (nSPS) is 17.4. The molecule has 188 valence electrons. The van der Waals surface area contributed by atoms with Gasteiger partial charge in [0.1, 0.15) is 5.82 Å². The number of carbonyl (C=O) groups is 2. The number of nitrogens with one attached hydrogen (secondary N) is 1. The Kier molecular flexibility index (Phi) is 7.79. The van der Waals surface area contributed by atoms with Crippen molar-refractivity contribution in [3.8, 4) is 11.5 Å². The molecule has 0 saturated carbocycles. The van der Waals surface area contributed by atoms with Crippen molar-refractivity contribution in [1.29, 1.82) is 0 Å². The van der Waals surface area contributed by atoms with Crippen LogP contribution in [-0.2, 0) is 0 Å². The Balaban J connectivity index is 1.61. The Hall–Kier alpha value is -3.58. The number of piperidine rings is 1. The molecule has 3 aromatic rings. The third-order valence-electron chi connectivity index (χ3n) is 6.59. The standard InChI is InChI=1S/C28H28ClFN2O4/c1-17-8-9-18(14-23(17)30)21-16-32(28(34)19-10-11-25(35-2)26(15-19)36-3)13-12-24(21)31-27(33)20-6-4-5-7-22(20)29/h4-11,14-15,21,24H,12-13,16H2,1-3H3,(H,31,33)/t21-,24+/m1/s1. The number of methoxy groups -OCH3 is 2. The number of rotatable bonds is 6. The van der Waals surface area contributed by atoms with E-state index in [1.165, 1.54) is 20.3 Å². The molecule has 0 aliphatic carbocycles. The molecule has 1 aliphatic rings. The first kappa shape index (κ1) is 25.5. The predicted molar refractivity (Wildman–Crippen MR) is 137 cm³/mol. The molecule has 0 aromatic heterocycles. The van der Waals surface area contributed by atoms with Gasteiger partial charge < -0.3 is 19.7 Å². The third kappa shape index (κ3) is 5.31. The van der Waals surface area contributed by atoms with Crippen LogP contribution in [0.1, 0.15) is 44.2 Å². The van der Waals surface area contributed by atoms with Crippen LogP contribution in [0.25, 0.3) is 0 Å². The number of benzene rings is 3. The first-order valence-corrected chi connectivity index (χ1v) is 12.0. The van der Waals surface area contributed by atoms with E-state index in [-0.39, 0.29) is 29.6 Å². The van der Waals surface area contributed by atoms with Crippen LogP contribution in [0.4, 0.5) is 4.39 Å². The number of carbonyl (C=O) groups excluding carboxylic acids is 2. The lowest BCUT2D eigenvalue weighted by Crippen LogP contribution is -2.51. The molecule has 8 heteroatoms. The molecule has 1 fully saturated rings. The van der Waals surface area contributed by atoms with Crippen LogP contribution < -0.4 is 14.8 Å². The van der Waals surface area contributed by atoms with Gasteiger partial charge in [-0.3, -0.25) is 9.59 Å². The summed E-state index contributed by atoms with van der Waals surface area (Å²) in [6.45, 7) is 2.43. The lowest BCUT2D eigenvalue weighted by Gasteiger charge is -2.39. The summed E-state index contributed by atoms with van der Waals surface area (Å²) in [7, 11) is 3.05. The number of hydrogen-bond acceptors (Lipinski definition) is 4. The number of likely N-dealkylation sites (tertiary alicyclic amines) is 1. The zero-order valence-electron chi connectivity index (χ0n) is 20.4. The monoisotopic (exact) mass is 510 g/mol. The quantitative estimate of drug-likeness (QED) is 0.493. The lowest BCUT2D eigenvalue weighted by atomic mass is 9.85.